The summed E-state index contributed by atoms with van der Waals surface area (Å²) in [6.45, 7) is 0. The molecule has 0 saturated heterocycles. The van der Waals surface area contributed by atoms with E-state index in [1.54, 1.807) is 4.80 Å². The van der Waals surface area contributed by atoms with Gasteiger partial charge in [-0.2, -0.15) is 4.80 Å². The summed E-state index contributed by atoms with van der Waals surface area (Å²) in [7, 11) is 0. The third-order valence-corrected chi connectivity index (χ3v) is 9.12. The zero-order valence-corrected chi connectivity index (χ0v) is 23.6. The van der Waals surface area contributed by atoms with E-state index < -0.39 is 0 Å². The summed E-state index contributed by atoms with van der Waals surface area (Å²) < 4.78 is 2.43. The maximum absolute atomic E-state index is 4.97. The molecule has 8 aromatic carbocycles. The Labute approximate surface area is 252 Å². The molecule has 10 rings (SSSR count). The Morgan fingerprint density at radius 2 is 0.977 bits per heavy atom. The Bertz CT molecular complexity index is 2680. The van der Waals surface area contributed by atoms with Crippen LogP contribution in [-0.4, -0.2) is 19.6 Å². The number of aromatic nitrogens is 4. The quantitative estimate of drug-likeness (QED) is 0.197. The van der Waals surface area contributed by atoms with E-state index in [-0.39, 0.29) is 0 Å². The molecule has 44 heavy (non-hydrogen) atoms. The van der Waals surface area contributed by atoms with Gasteiger partial charge in [-0.05, 0) is 80.2 Å². The first-order valence-corrected chi connectivity index (χ1v) is 14.9. The number of hydrogen-bond acceptors (Lipinski definition) is 2. The van der Waals surface area contributed by atoms with Gasteiger partial charge in [0, 0.05) is 21.8 Å². The molecular formula is C40H24N4. The fourth-order valence-electron chi connectivity index (χ4n) is 7.16. The van der Waals surface area contributed by atoms with E-state index in [4.69, 9.17) is 10.2 Å². The van der Waals surface area contributed by atoms with E-state index in [0.717, 1.165) is 33.2 Å². The van der Waals surface area contributed by atoms with E-state index >= 15 is 0 Å². The van der Waals surface area contributed by atoms with Crippen LogP contribution in [0.15, 0.2) is 146 Å². The van der Waals surface area contributed by atoms with Crippen LogP contribution in [0.5, 0.6) is 0 Å². The van der Waals surface area contributed by atoms with Crippen LogP contribution in [0.3, 0.4) is 0 Å². The van der Waals surface area contributed by atoms with Gasteiger partial charge in [0.05, 0.1) is 16.7 Å². The summed E-state index contributed by atoms with van der Waals surface area (Å²) in [6.07, 6.45) is 0. The predicted octanol–water partition coefficient (Wildman–Crippen LogP) is 10.1. The Kier molecular flexibility index (Phi) is 4.69. The summed E-state index contributed by atoms with van der Waals surface area (Å²) in [4.78, 5) is 1.74. The van der Waals surface area contributed by atoms with Gasteiger partial charge in [0.2, 0.25) is 0 Å². The molecule has 0 N–H and O–H groups in total. The van der Waals surface area contributed by atoms with Crippen LogP contribution in [-0.2, 0) is 0 Å². The molecule has 0 bridgehead atoms. The summed E-state index contributed by atoms with van der Waals surface area (Å²) in [5.41, 5.74) is 6.32. The summed E-state index contributed by atoms with van der Waals surface area (Å²) in [6, 6.07) is 52.1. The Morgan fingerprint density at radius 1 is 0.386 bits per heavy atom. The third kappa shape index (κ3) is 3.22. The SMILES string of the molecule is c1ccc(-n2nc3ccc4ccc5cc(-n6c7ccc8ccccc8c7c7c8ccccc8ccc76)ccc5c4c3n2)cc1. The lowest BCUT2D eigenvalue weighted by atomic mass is 10.00. The fraction of sp³-hybridized carbons (Fsp3) is 0. The smallest absolute Gasteiger partial charge is 0.122 e. The molecule has 0 fully saturated rings. The molecule has 0 spiro atoms. The minimum Gasteiger partial charge on any atom is -0.309 e. The molecule has 0 unspecified atom stereocenters. The van der Waals surface area contributed by atoms with Crippen LogP contribution >= 0.6 is 0 Å². The van der Waals surface area contributed by atoms with Crippen molar-refractivity contribution >= 4 is 75.9 Å². The maximum atomic E-state index is 4.97. The number of rotatable bonds is 2. The normalized spacial score (nSPS) is 12.1. The zero-order valence-electron chi connectivity index (χ0n) is 23.6. The van der Waals surface area contributed by atoms with Gasteiger partial charge in [-0.15, -0.1) is 10.2 Å². The molecule has 2 aromatic heterocycles. The van der Waals surface area contributed by atoms with Gasteiger partial charge < -0.3 is 4.57 Å². The topological polar surface area (TPSA) is 35.6 Å². The van der Waals surface area contributed by atoms with E-state index in [2.05, 4.69) is 120 Å². The average molecular weight is 561 g/mol. The molecule has 4 heteroatoms. The van der Waals surface area contributed by atoms with Crippen molar-refractivity contribution < 1.29 is 0 Å². The van der Waals surface area contributed by atoms with Crippen LogP contribution in [0.25, 0.3) is 87.3 Å². The number of nitrogens with zero attached hydrogens (tertiary/aromatic N) is 4. The van der Waals surface area contributed by atoms with Crippen molar-refractivity contribution in [3.8, 4) is 11.4 Å². The van der Waals surface area contributed by atoms with Crippen LogP contribution in [0, 0.1) is 0 Å². The largest absolute Gasteiger partial charge is 0.309 e. The zero-order chi connectivity index (χ0) is 28.8. The molecule has 4 nitrogen and oxygen atoms in total. The van der Waals surface area contributed by atoms with Gasteiger partial charge in [-0.3, -0.25) is 0 Å². The molecule has 0 atom stereocenters. The molecule has 0 aliphatic rings. The van der Waals surface area contributed by atoms with Crippen molar-refractivity contribution in [1.29, 1.82) is 0 Å². The van der Waals surface area contributed by atoms with E-state index in [1.165, 1.54) is 54.1 Å². The minimum absolute atomic E-state index is 0.888. The lowest BCUT2D eigenvalue weighted by Gasteiger charge is -2.11. The van der Waals surface area contributed by atoms with E-state index in [9.17, 15) is 0 Å². The standard InChI is InChI=1S/C40H24N4/c1-2-10-29(11-3-1)44-41-34-21-16-27-14-15-28-24-30(19-20-33(28)37(27)40(34)42-44)43-35-22-17-25-8-4-6-12-31(25)38(35)39-32-13-7-5-9-26(32)18-23-36(39)43/h1-24H. The first kappa shape index (κ1) is 23.6. The highest BCUT2D eigenvalue weighted by molar-refractivity contribution is 6.28. The first-order chi connectivity index (χ1) is 21.8. The second-order valence-corrected chi connectivity index (χ2v) is 11.5. The van der Waals surface area contributed by atoms with Crippen molar-refractivity contribution in [2.75, 3.05) is 0 Å². The van der Waals surface area contributed by atoms with Gasteiger partial charge in [0.15, 0.2) is 0 Å². The van der Waals surface area contributed by atoms with Crippen molar-refractivity contribution in [3.05, 3.63) is 146 Å². The molecule has 204 valence electrons. The van der Waals surface area contributed by atoms with Crippen LogP contribution in [0.1, 0.15) is 0 Å². The molecule has 2 heterocycles. The molecule has 0 amide bonds. The fourth-order valence-corrected chi connectivity index (χ4v) is 7.16. The molecule has 0 aliphatic heterocycles. The number of para-hydroxylation sites is 1. The first-order valence-electron chi connectivity index (χ1n) is 14.9. The minimum atomic E-state index is 0.888. The molecule has 0 radical (unpaired) electrons. The lowest BCUT2D eigenvalue weighted by Crippen LogP contribution is -1.97. The third-order valence-electron chi connectivity index (χ3n) is 9.12. The maximum Gasteiger partial charge on any atom is 0.122 e. The van der Waals surface area contributed by atoms with Gasteiger partial charge in [-0.25, -0.2) is 0 Å². The predicted molar refractivity (Wildman–Crippen MR) is 183 cm³/mol. The highest BCUT2D eigenvalue weighted by Gasteiger charge is 2.18. The Morgan fingerprint density at radius 3 is 1.70 bits per heavy atom. The van der Waals surface area contributed by atoms with Crippen molar-refractivity contribution in [3.63, 3.8) is 0 Å². The molecule has 10 aromatic rings. The number of hydrogen-bond donors (Lipinski definition) is 0. The summed E-state index contributed by atoms with van der Waals surface area (Å²) >= 11 is 0. The van der Waals surface area contributed by atoms with Gasteiger partial charge >= 0.3 is 0 Å². The van der Waals surface area contributed by atoms with Crippen molar-refractivity contribution in [1.82, 2.24) is 19.6 Å². The van der Waals surface area contributed by atoms with Crippen molar-refractivity contribution in [2.45, 2.75) is 0 Å². The summed E-state index contributed by atoms with van der Waals surface area (Å²) in [5.74, 6) is 0. The molecular weight excluding hydrogens is 536 g/mol. The number of benzene rings is 8. The highest BCUT2D eigenvalue weighted by Crippen LogP contribution is 2.41. The summed E-state index contributed by atoms with van der Waals surface area (Å²) in [5, 5.41) is 22.1. The number of fused-ring (bicyclic) bond motifs is 12. The lowest BCUT2D eigenvalue weighted by molar-refractivity contribution is 0.766. The van der Waals surface area contributed by atoms with Crippen LogP contribution < -0.4 is 0 Å². The van der Waals surface area contributed by atoms with Gasteiger partial charge in [0.25, 0.3) is 0 Å². The second kappa shape index (κ2) is 8.76. The van der Waals surface area contributed by atoms with Crippen LogP contribution in [0.4, 0.5) is 0 Å². The molecule has 0 aliphatic carbocycles. The molecule has 0 saturated carbocycles. The monoisotopic (exact) mass is 560 g/mol. The van der Waals surface area contributed by atoms with Gasteiger partial charge in [-0.1, -0.05) is 103 Å². The van der Waals surface area contributed by atoms with Gasteiger partial charge in [0.1, 0.15) is 11.0 Å². The Hall–Kier alpha value is -6.00. The van der Waals surface area contributed by atoms with E-state index in [0.29, 0.717) is 0 Å². The highest BCUT2D eigenvalue weighted by atomic mass is 15.5. The average Bonchev–Trinajstić information content (AvgIpc) is 3.68. The van der Waals surface area contributed by atoms with Crippen LogP contribution in [0.2, 0.25) is 0 Å². The second-order valence-electron chi connectivity index (χ2n) is 11.5. The Balaban J connectivity index is 1.27. The van der Waals surface area contributed by atoms with E-state index in [1.807, 2.05) is 30.3 Å². The van der Waals surface area contributed by atoms with Crippen molar-refractivity contribution in [2.24, 2.45) is 0 Å².